The molecule has 2 aliphatic rings. The summed E-state index contributed by atoms with van der Waals surface area (Å²) in [7, 11) is 1.62. The second-order valence-corrected chi connectivity index (χ2v) is 5.08. The Bertz CT molecular complexity index is 476. The second kappa shape index (κ2) is 6.24. The van der Waals surface area contributed by atoms with Crippen LogP contribution >= 0.6 is 11.6 Å². The van der Waals surface area contributed by atoms with E-state index < -0.39 is 0 Å². The van der Waals surface area contributed by atoms with Crippen molar-refractivity contribution in [3.63, 3.8) is 0 Å². The summed E-state index contributed by atoms with van der Waals surface area (Å²) in [5, 5.41) is 0. The number of halogens is 1. The molecule has 2 fully saturated rings. The van der Waals surface area contributed by atoms with Crippen LogP contribution in [0.1, 0.15) is 18.3 Å². The Labute approximate surface area is 123 Å². The lowest BCUT2D eigenvalue weighted by molar-refractivity contribution is -0.298. The van der Waals surface area contributed by atoms with Gasteiger partial charge in [-0.1, -0.05) is 41.9 Å². The van der Waals surface area contributed by atoms with Gasteiger partial charge in [0.2, 0.25) is 0 Å². The lowest BCUT2D eigenvalue weighted by atomic mass is 9.98. The van der Waals surface area contributed by atoms with E-state index in [1.165, 1.54) is 0 Å². The van der Waals surface area contributed by atoms with Gasteiger partial charge in [0.05, 0.1) is 6.61 Å². The van der Waals surface area contributed by atoms with Crippen molar-refractivity contribution in [2.45, 2.75) is 31.2 Å². The first-order valence-electron chi connectivity index (χ1n) is 6.61. The summed E-state index contributed by atoms with van der Waals surface area (Å²) in [6, 6.07) is 9.86. The average molecular weight is 297 g/mol. The third-order valence-electron chi connectivity index (χ3n) is 3.59. The summed E-state index contributed by atoms with van der Waals surface area (Å²) >= 11 is 5.92. The predicted octanol–water partition coefficient (Wildman–Crippen LogP) is 2.98. The summed E-state index contributed by atoms with van der Waals surface area (Å²) < 4.78 is 22.8. The summed E-state index contributed by atoms with van der Waals surface area (Å²) in [5.74, 6) is 0. The molecule has 0 aromatic heterocycles. The Morgan fingerprint density at radius 2 is 2.05 bits per heavy atom. The van der Waals surface area contributed by atoms with Gasteiger partial charge >= 0.3 is 0 Å². The number of rotatable bonds is 2. The molecule has 0 spiro atoms. The molecule has 0 radical (unpaired) electrons. The first-order chi connectivity index (χ1) is 9.81. The molecule has 3 rings (SSSR count). The van der Waals surface area contributed by atoms with Gasteiger partial charge in [0.25, 0.3) is 0 Å². The molecule has 0 aliphatic carbocycles. The van der Waals surface area contributed by atoms with Crippen LogP contribution in [0.2, 0.25) is 0 Å². The minimum Gasteiger partial charge on any atom is -0.356 e. The minimum absolute atomic E-state index is 0.182. The van der Waals surface area contributed by atoms with Gasteiger partial charge in [-0.2, -0.15) is 0 Å². The van der Waals surface area contributed by atoms with Crippen LogP contribution in [0.5, 0.6) is 0 Å². The Morgan fingerprint density at radius 1 is 1.25 bits per heavy atom. The maximum Gasteiger partial charge on any atom is 0.184 e. The fourth-order valence-corrected chi connectivity index (χ4v) is 2.76. The quantitative estimate of drug-likeness (QED) is 0.841. The molecule has 4 nitrogen and oxygen atoms in total. The molecule has 0 bridgehead atoms. The standard InChI is InChI=1S/C15H17ClO4/c1-17-13-7-11(8-16)14-12(19-13)9-18-15(20-14)10-5-3-2-4-6-10/h2-6,8,12-15H,7,9H2,1H3/b11-8+/t12-,13+,14+,15-/m1/s1. The summed E-state index contributed by atoms with van der Waals surface area (Å²) in [6.45, 7) is 0.457. The van der Waals surface area contributed by atoms with Gasteiger partial charge in [-0.25, -0.2) is 0 Å². The number of hydrogen-bond donors (Lipinski definition) is 0. The third-order valence-corrected chi connectivity index (χ3v) is 3.87. The Hall–Kier alpha value is -0.910. The smallest absolute Gasteiger partial charge is 0.184 e. The molecule has 5 heteroatoms. The van der Waals surface area contributed by atoms with Crippen molar-refractivity contribution in [1.29, 1.82) is 0 Å². The fraction of sp³-hybridized carbons (Fsp3) is 0.467. The summed E-state index contributed by atoms with van der Waals surface area (Å²) in [4.78, 5) is 0. The molecule has 4 atom stereocenters. The second-order valence-electron chi connectivity index (χ2n) is 4.86. The maximum absolute atomic E-state index is 6.02. The van der Waals surface area contributed by atoms with Gasteiger partial charge in [-0.15, -0.1) is 0 Å². The molecule has 2 aliphatic heterocycles. The molecule has 1 aromatic rings. The van der Waals surface area contributed by atoms with Gasteiger partial charge in [0.1, 0.15) is 12.2 Å². The molecule has 0 N–H and O–H groups in total. The van der Waals surface area contributed by atoms with Gasteiger partial charge in [0.15, 0.2) is 12.6 Å². The fourth-order valence-electron chi connectivity index (χ4n) is 2.55. The zero-order valence-corrected chi connectivity index (χ0v) is 12.0. The first-order valence-corrected chi connectivity index (χ1v) is 7.05. The highest BCUT2D eigenvalue weighted by Crippen LogP contribution is 2.36. The lowest BCUT2D eigenvalue weighted by Crippen LogP contribution is -2.49. The van der Waals surface area contributed by atoms with Crippen molar-refractivity contribution in [3.05, 3.63) is 47.0 Å². The SMILES string of the molecule is CO[C@@H]1C/C(=C\Cl)[C@@H]2O[C@H](c3ccccc3)OC[C@H]2O1. The van der Waals surface area contributed by atoms with Crippen molar-refractivity contribution in [1.82, 2.24) is 0 Å². The summed E-state index contributed by atoms with van der Waals surface area (Å²) in [6.07, 6.45) is -0.423. The van der Waals surface area contributed by atoms with Crippen LogP contribution in [-0.4, -0.2) is 32.2 Å². The van der Waals surface area contributed by atoms with Crippen molar-refractivity contribution >= 4 is 11.6 Å². The highest BCUT2D eigenvalue weighted by Gasteiger charge is 2.41. The van der Waals surface area contributed by atoms with Crippen molar-refractivity contribution in [3.8, 4) is 0 Å². The molecular formula is C15H17ClO4. The summed E-state index contributed by atoms with van der Waals surface area (Å²) in [5.41, 5.74) is 3.55. The predicted molar refractivity (Wildman–Crippen MR) is 74.2 cm³/mol. The highest BCUT2D eigenvalue weighted by atomic mass is 35.5. The van der Waals surface area contributed by atoms with Crippen molar-refractivity contribution in [2.24, 2.45) is 0 Å². The van der Waals surface area contributed by atoms with Crippen molar-refractivity contribution < 1.29 is 18.9 Å². The van der Waals surface area contributed by atoms with Crippen LogP contribution in [0, 0.1) is 0 Å². The Morgan fingerprint density at radius 3 is 2.75 bits per heavy atom. The number of hydrogen-bond acceptors (Lipinski definition) is 4. The normalized spacial score (nSPS) is 35.8. The van der Waals surface area contributed by atoms with Gasteiger partial charge in [-0.3, -0.25) is 0 Å². The van der Waals surface area contributed by atoms with Crippen LogP contribution < -0.4 is 0 Å². The van der Waals surface area contributed by atoms with Crippen LogP contribution in [0.4, 0.5) is 0 Å². The molecule has 2 saturated heterocycles. The van der Waals surface area contributed by atoms with Gasteiger partial charge < -0.3 is 18.9 Å². The monoisotopic (exact) mass is 296 g/mol. The molecule has 20 heavy (non-hydrogen) atoms. The number of ether oxygens (including phenoxy) is 4. The van der Waals surface area contributed by atoms with E-state index in [2.05, 4.69) is 0 Å². The average Bonchev–Trinajstić information content (AvgIpc) is 2.54. The van der Waals surface area contributed by atoms with Crippen LogP contribution in [-0.2, 0) is 18.9 Å². The number of methoxy groups -OCH3 is 1. The van der Waals surface area contributed by atoms with Crippen LogP contribution in [0.3, 0.4) is 0 Å². The van der Waals surface area contributed by atoms with Crippen LogP contribution in [0.15, 0.2) is 41.4 Å². The molecule has 0 saturated carbocycles. The van der Waals surface area contributed by atoms with Gasteiger partial charge in [0, 0.05) is 24.6 Å². The lowest BCUT2D eigenvalue weighted by Gasteiger charge is -2.42. The zero-order valence-electron chi connectivity index (χ0n) is 11.2. The Kier molecular flexibility index (Phi) is 4.38. The first kappa shape index (κ1) is 14.0. The van der Waals surface area contributed by atoms with Crippen molar-refractivity contribution in [2.75, 3.05) is 13.7 Å². The van der Waals surface area contributed by atoms with Crippen LogP contribution in [0.25, 0.3) is 0 Å². The number of fused-ring (bicyclic) bond motifs is 1. The van der Waals surface area contributed by atoms with E-state index in [1.54, 1.807) is 12.6 Å². The van der Waals surface area contributed by atoms with E-state index in [0.29, 0.717) is 13.0 Å². The molecule has 0 amide bonds. The van der Waals surface area contributed by atoms with Gasteiger partial charge in [-0.05, 0) is 5.57 Å². The molecule has 0 unspecified atom stereocenters. The minimum atomic E-state index is -0.383. The van der Waals surface area contributed by atoms with E-state index in [9.17, 15) is 0 Å². The van der Waals surface area contributed by atoms with E-state index in [4.69, 9.17) is 30.5 Å². The zero-order chi connectivity index (χ0) is 13.9. The third kappa shape index (κ3) is 2.75. The molecule has 2 heterocycles. The van der Waals surface area contributed by atoms with E-state index in [0.717, 1.165) is 11.1 Å². The molecule has 108 valence electrons. The molecular weight excluding hydrogens is 280 g/mol. The largest absolute Gasteiger partial charge is 0.356 e. The number of benzene rings is 1. The topological polar surface area (TPSA) is 36.9 Å². The Balaban J connectivity index is 1.76. The van der Waals surface area contributed by atoms with E-state index >= 15 is 0 Å². The molecule has 1 aromatic carbocycles. The van der Waals surface area contributed by atoms with E-state index in [1.807, 2.05) is 30.3 Å². The highest BCUT2D eigenvalue weighted by molar-refractivity contribution is 6.25. The maximum atomic E-state index is 6.02. The van der Waals surface area contributed by atoms with E-state index in [-0.39, 0.29) is 24.8 Å².